The van der Waals surface area contributed by atoms with Crippen molar-refractivity contribution in [3.05, 3.63) is 23.8 Å². The Hall–Kier alpha value is -1.55. The average molecular weight is 308 g/mol. The molecule has 1 aromatic carbocycles. The van der Waals surface area contributed by atoms with Gasteiger partial charge in [0.15, 0.2) is 0 Å². The summed E-state index contributed by atoms with van der Waals surface area (Å²) in [7, 11) is -2.15. The lowest BCUT2D eigenvalue weighted by Crippen LogP contribution is -2.32. The molecule has 114 valence electrons. The Balaban J connectivity index is 2.25. The van der Waals surface area contributed by atoms with E-state index in [1.54, 1.807) is 12.1 Å². The molecular weight excluding hydrogens is 288 g/mol. The lowest BCUT2D eigenvalue weighted by Gasteiger charge is -2.25. The van der Waals surface area contributed by atoms with Crippen LogP contribution in [0.4, 0.5) is 0 Å². The van der Waals surface area contributed by atoms with Gasteiger partial charge in [-0.1, -0.05) is 18.3 Å². The van der Waals surface area contributed by atoms with E-state index in [0.717, 1.165) is 12.8 Å². The molecule has 0 aliphatic heterocycles. The van der Waals surface area contributed by atoms with Crippen molar-refractivity contribution >= 4 is 10.0 Å². The predicted molar refractivity (Wildman–Crippen MR) is 81.5 cm³/mol. The zero-order valence-electron chi connectivity index (χ0n) is 12.1. The lowest BCUT2D eigenvalue weighted by molar-refractivity contribution is 0.316. The quantitative estimate of drug-likeness (QED) is 0.798. The number of benzene rings is 1. The second kappa shape index (κ2) is 6.94. The van der Waals surface area contributed by atoms with Crippen LogP contribution < -0.4 is 15.2 Å². The summed E-state index contributed by atoms with van der Waals surface area (Å²) >= 11 is 0. The van der Waals surface area contributed by atoms with E-state index in [1.165, 1.54) is 19.6 Å². The number of nitrogens with two attached hydrogens (primary N) is 1. The fourth-order valence-corrected chi connectivity index (χ4v) is 3.43. The molecule has 0 radical (unpaired) electrons. The Morgan fingerprint density at radius 2 is 2.19 bits per heavy atom. The molecule has 1 aliphatic rings. The number of methoxy groups -OCH3 is 1. The zero-order chi connectivity index (χ0) is 15.3. The first kappa shape index (κ1) is 15.8. The summed E-state index contributed by atoms with van der Waals surface area (Å²) in [4.78, 5) is 0.119. The molecule has 0 amide bonds. The lowest BCUT2D eigenvalue weighted by atomic mass is 9.86. The standard InChI is InChI=1S/C15H20N2O3S/c1-20-14-8-7-12(6-3-9-16)10-15(14)21(18,19)17-11-13-4-2-5-13/h7-8,10,13,17H,2,4-5,9,11,16H2,1H3. The maximum atomic E-state index is 12.4. The van der Waals surface area contributed by atoms with Gasteiger partial charge in [-0.15, -0.1) is 0 Å². The van der Waals surface area contributed by atoms with Gasteiger partial charge in [0, 0.05) is 12.1 Å². The van der Waals surface area contributed by atoms with Crippen molar-refractivity contribution in [2.75, 3.05) is 20.2 Å². The fraction of sp³-hybridized carbons (Fsp3) is 0.467. The summed E-state index contributed by atoms with van der Waals surface area (Å²) in [6.45, 7) is 0.707. The SMILES string of the molecule is COc1ccc(C#CCN)cc1S(=O)(=O)NCC1CCC1. The molecule has 1 saturated carbocycles. The molecule has 1 aromatic rings. The van der Waals surface area contributed by atoms with Gasteiger partial charge in [-0.3, -0.25) is 0 Å². The first-order chi connectivity index (χ1) is 10.1. The summed E-state index contributed by atoms with van der Waals surface area (Å²) in [5, 5.41) is 0. The Morgan fingerprint density at radius 3 is 2.76 bits per heavy atom. The number of rotatable bonds is 5. The van der Waals surface area contributed by atoms with E-state index < -0.39 is 10.0 Å². The van der Waals surface area contributed by atoms with Gasteiger partial charge in [-0.2, -0.15) is 0 Å². The van der Waals surface area contributed by atoms with Gasteiger partial charge in [0.2, 0.25) is 10.0 Å². The first-order valence-corrected chi connectivity index (χ1v) is 8.42. The smallest absolute Gasteiger partial charge is 0.244 e. The minimum Gasteiger partial charge on any atom is -0.495 e. The summed E-state index contributed by atoms with van der Waals surface area (Å²) < 4.78 is 32.6. The molecule has 0 aromatic heterocycles. The molecular formula is C15H20N2O3S. The fourth-order valence-electron chi connectivity index (χ4n) is 2.12. The van der Waals surface area contributed by atoms with Crippen molar-refractivity contribution in [1.82, 2.24) is 4.72 Å². The van der Waals surface area contributed by atoms with Gasteiger partial charge in [0.05, 0.1) is 13.7 Å². The molecule has 5 nitrogen and oxygen atoms in total. The first-order valence-electron chi connectivity index (χ1n) is 6.93. The van der Waals surface area contributed by atoms with Crippen LogP contribution in [-0.2, 0) is 10.0 Å². The van der Waals surface area contributed by atoms with E-state index in [-0.39, 0.29) is 11.4 Å². The Bertz CT molecular complexity index is 655. The number of ether oxygens (including phenoxy) is 1. The van der Waals surface area contributed by atoms with Crippen molar-refractivity contribution in [3.8, 4) is 17.6 Å². The second-order valence-corrected chi connectivity index (χ2v) is 6.76. The number of sulfonamides is 1. The molecule has 2 rings (SSSR count). The van der Waals surface area contributed by atoms with E-state index >= 15 is 0 Å². The summed E-state index contributed by atoms with van der Waals surface area (Å²) in [6, 6.07) is 4.84. The van der Waals surface area contributed by atoms with Crippen molar-refractivity contribution in [2.45, 2.75) is 24.2 Å². The topological polar surface area (TPSA) is 81.4 Å². The van der Waals surface area contributed by atoms with E-state index in [2.05, 4.69) is 16.6 Å². The molecule has 0 unspecified atom stereocenters. The van der Waals surface area contributed by atoms with E-state index in [0.29, 0.717) is 23.8 Å². The minimum absolute atomic E-state index is 0.119. The molecule has 0 spiro atoms. The highest BCUT2D eigenvalue weighted by Crippen LogP contribution is 2.28. The van der Waals surface area contributed by atoms with Gasteiger partial charge >= 0.3 is 0 Å². The molecule has 3 N–H and O–H groups in total. The average Bonchev–Trinajstić information content (AvgIpc) is 2.43. The summed E-state index contributed by atoms with van der Waals surface area (Å²) in [5.41, 5.74) is 5.93. The Kier molecular flexibility index (Phi) is 5.23. The number of hydrogen-bond donors (Lipinski definition) is 2. The van der Waals surface area contributed by atoms with Crippen molar-refractivity contribution < 1.29 is 13.2 Å². The monoisotopic (exact) mass is 308 g/mol. The Morgan fingerprint density at radius 1 is 1.43 bits per heavy atom. The van der Waals surface area contributed by atoms with E-state index in [9.17, 15) is 8.42 Å². The van der Waals surface area contributed by atoms with Gasteiger partial charge in [0.1, 0.15) is 10.6 Å². The van der Waals surface area contributed by atoms with Gasteiger partial charge in [0.25, 0.3) is 0 Å². The van der Waals surface area contributed by atoms with Crippen LogP contribution in [0.1, 0.15) is 24.8 Å². The van der Waals surface area contributed by atoms with Gasteiger partial charge in [-0.25, -0.2) is 13.1 Å². The highest BCUT2D eigenvalue weighted by Gasteiger charge is 2.23. The van der Waals surface area contributed by atoms with Crippen LogP contribution in [0.5, 0.6) is 5.75 Å². The second-order valence-electron chi connectivity index (χ2n) is 5.02. The van der Waals surface area contributed by atoms with Crippen LogP contribution in [-0.4, -0.2) is 28.6 Å². The van der Waals surface area contributed by atoms with Crippen molar-refractivity contribution in [2.24, 2.45) is 11.7 Å². The zero-order valence-corrected chi connectivity index (χ0v) is 12.9. The molecule has 21 heavy (non-hydrogen) atoms. The van der Waals surface area contributed by atoms with Crippen molar-refractivity contribution in [3.63, 3.8) is 0 Å². The molecule has 0 saturated heterocycles. The van der Waals surface area contributed by atoms with Crippen molar-refractivity contribution in [1.29, 1.82) is 0 Å². The molecule has 6 heteroatoms. The summed E-state index contributed by atoms with van der Waals surface area (Å²) in [5.74, 6) is 6.31. The molecule has 0 heterocycles. The van der Waals surface area contributed by atoms with Crippen LogP contribution in [0.15, 0.2) is 23.1 Å². The number of hydrogen-bond acceptors (Lipinski definition) is 4. The maximum Gasteiger partial charge on any atom is 0.244 e. The third kappa shape index (κ3) is 3.97. The van der Waals surface area contributed by atoms with Gasteiger partial charge in [-0.05, 0) is 37.0 Å². The Labute approximate surface area is 125 Å². The van der Waals surface area contributed by atoms with Crippen LogP contribution in [0, 0.1) is 17.8 Å². The highest BCUT2D eigenvalue weighted by molar-refractivity contribution is 7.89. The van der Waals surface area contributed by atoms with E-state index in [4.69, 9.17) is 10.5 Å². The van der Waals surface area contributed by atoms with Gasteiger partial charge < -0.3 is 10.5 Å². The van der Waals surface area contributed by atoms with Crippen LogP contribution in [0.2, 0.25) is 0 Å². The third-order valence-corrected chi connectivity index (χ3v) is 5.02. The van der Waals surface area contributed by atoms with Crippen LogP contribution in [0.3, 0.4) is 0 Å². The van der Waals surface area contributed by atoms with E-state index in [1.807, 2.05) is 0 Å². The van der Waals surface area contributed by atoms with Crippen LogP contribution >= 0.6 is 0 Å². The predicted octanol–water partition coefficient (Wildman–Crippen LogP) is 1.08. The normalized spacial score (nSPS) is 15.0. The third-order valence-electron chi connectivity index (χ3n) is 3.57. The molecule has 1 aliphatic carbocycles. The number of nitrogens with one attached hydrogen (secondary N) is 1. The molecule has 0 atom stereocenters. The molecule has 0 bridgehead atoms. The summed E-state index contributed by atoms with van der Waals surface area (Å²) in [6.07, 6.45) is 3.35. The van der Waals surface area contributed by atoms with Crippen LogP contribution in [0.25, 0.3) is 0 Å². The highest BCUT2D eigenvalue weighted by atomic mass is 32.2. The minimum atomic E-state index is -3.60. The largest absolute Gasteiger partial charge is 0.495 e. The molecule has 1 fully saturated rings. The maximum absolute atomic E-state index is 12.4.